The van der Waals surface area contributed by atoms with Gasteiger partial charge in [0.05, 0.1) is 11.3 Å². The highest BCUT2D eigenvalue weighted by Gasteiger charge is 2.17. The molecule has 1 aromatic carbocycles. The maximum atomic E-state index is 12.2. The maximum Gasteiger partial charge on any atom is 0.253 e. The molecule has 0 bridgehead atoms. The number of para-hydroxylation sites is 1. The number of alkyl halides is 1. The van der Waals surface area contributed by atoms with Gasteiger partial charge in [-0.1, -0.05) is 26.0 Å². The van der Waals surface area contributed by atoms with Crippen molar-refractivity contribution in [3.63, 3.8) is 0 Å². The third kappa shape index (κ3) is 4.53. The Bertz CT molecular complexity index is 477. The number of carbonyl (C=O) groups excluding carboxylic acids is 2. The number of anilines is 1. The van der Waals surface area contributed by atoms with Gasteiger partial charge in [-0.2, -0.15) is 0 Å². The van der Waals surface area contributed by atoms with E-state index in [0.29, 0.717) is 11.3 Å². The number of halogens is 1. The molecule has 0 aromatic heterocycles. The Morgan fingerprint density at radius 1 is 1.25 bits per heavy atom. The number of rotatable bonds is 6. The smallest absolute Gasteiger partial charge is 0.253 e. The van der Waals surface area contributed by atoms with Crippen LogP contribution in [0.5, 0.6) is 0 Å². The second-order valence-corrected chi connectivity index (χ2v) is 5.18. The zero-order chi connectivity index (χ0) is 15.1. The van der Waals surface area contributed by atoms with E-state index >= 15 is 0 Å². The van der Waals surface area contributed by atoms with Crippen LogP contribution in [0, 0.1) is 5.92 Å². The first kappa shape index (κ1) is 16.5. The number of nitrogens with one attached hydrogen (secondary N) is 2. The van der Waals surface area contributed by atoms with E-state index in [0.717, 1.165) is 6.42 Å². The van der Waals surface area contributed by atoms with Crippen LogP contribution >= 0.6 is 11.6 Å². The summed E-state index contributed by atoms with van der Waals surface area (Å²) in [5, 5.41) is 5.64. The third-order valence-corrected chi connectivity index (χ3v) is 3.56. The molecule has 5 heteroatoms. The van der Waals surface area contributed by atoms with Crippen LogP contribution < -0.4 is 10.6 Å². The summed E-state index contributed by atoms with van der Waals surface area (Å²) < 4.78 is 0. The molecule has 2 N–H and O–H groups in total. The lowest BCUT2D eigenvalue weighted by Gasteiger charge is -2.15. The molecule has 0 radical (unpaired) electrons. The maximum absolute atomic E-state index is 12.2. The lowest BCUT2D eigenvalue weighted by atomic mass is 10.1. The van der Waals surface area contributed by atoms with Gasteiger partial charge in [-0.3, -0.25) is 9.59 Å². The Hall–Kier alpha value is -1.55. The minimum atomic E-state index is -0.303. The molecule has 1 rings (SSSR count). The van der Waals surface area contributed by atoms with E-state index in [-0.39, 0.29) is 29.7 Å². The zero-order valence-corrected chi connectivity index (χ0v) is 12.8. The summed E-state index contributed by atoms with van der Waals surface area (Å²) in [5.74, 6) is -0.438. The van der Waals surface area contributed by atoms with Crippen LogP contribution in [0.25, 0.3) is 0 Å². The van der Waals surface area contributed by atoms with Gasteiger partial charge in [-0.05, 0) is 25.5 Å². The largest absolute Gasteiger partial charge is 0.350 e. The van der Waals surface area contributed by atoms with Crippen LogP contribution in [0.2, 0.25) is 0 Å². The van der Waals surface area contributed by atoms with Gasteiger partial charge in [0.25, 0.3) is 5.91 Å². The fourth-order valence-corrected chi connectivity index (χ4v) is 1.66. The van der Waals surface area contributed by atoms with E-state index in [1.54, 1.807) is 31.2 Å². The molecule has 1 aromatic rings. The van der Waals surface area contributed by atoms with Gasteiger partial charge < -0.3 is 10.6 Å². The third-order valence-electron chi connectivity index (χ3n) is 3.10. The van der Waals surface area contributed by atoms with Gasteiger partial charge in [0.2, 0.25) is 5.91 Å². The van der Waals surface area contributed by atoms with E-state index in [4.69, 9.17) is 11.6 Å². The summed E-state index contributed by atoms with van der Waals surface area (Å²) in [6.07, 6.45) is 0.851. The van der Waals surface area contributed by atoms with Gasteiger partial charge >= 0.3 is 0 Å². The molecule has 0 saturated heterocycles. The molecule has 0 aliphatic rings. The molecular formula is C15H21ClN2O2. The molecular weight excluding hydrogens is 276 g/mol. The van der Waals surface area contributed by atoms with Gasteiger partial charge in [0.1, 0.15) is 0 Å². The molecule has 20 heavy (non-hydrogen) atoms. The highest BCUT2D eigenvalue weighted by Crippen LogP contribution is 2.16. The van der Waals surface area contributed by atoms with E-state index < -0.39 is 0 Å². The molecule has 0 saturated carbocycles. The highest BCUT2D eigenvalue weighted by molar-refractivity contribution is 6.19. The molecule has 0 heterocycles. The first-order valence-electron chi connectivity index (χ1n) is 6.76. The van der Waals surface area contributed by atoms with Crippen molar-refractivity contribution in [1.82, 2.24) is 5.32 Å². The van der Waals surface area contributed by atoms with Gasteiger partial charge in [-0.15, -0.1) is 11.6 Å². The van der Waals surface area contributed by atoms with E-state index in [1.165, 1.54) is 0 Å². The number of benzene rings is 1. The van der Waals surface area contributed by atoms with E-state index in [9.17, 15) is 9.59 Å². The van der Waals surface area contributed by atoms with Crippen LogP contribution in [-0.2, 0) is 4.79 Å². The monoisotopic (exact) mass is 296 g/mol. The average Bonchev–Trinajstić information content (AvgIpc) is 2.46. The van der Waals surface area contributed by atoms with Crippen molar-refractivity contribution in [3.05, 3.63) is 29.8 Å². The Labute approximate surface area is 124 Å². The van der Waals surface area contributed by atoms with Gasteiger partial charge in [0, 0.05) is 17.8 Å². The molecule has 0 fully saturated rings. The van der Waals surface area contributed by atoms with Crippen LogP contribution in [0.15, 0.2) is 24.3 Å². The number of carbonyl (C=O) groups is 2. The summed E-state index contributed by atoms with van der Waals surface area (Å²) in [4.78, 5) is 24.0. The topological polar surface area (TPSA) is 58.2 Å². The molecule has 0 aliphatic heterocycles. The Kier molecular flexibility index (Phi) is 6.52. The number of amides is 2. The fourth-order valence-electron chi connectivity index (χ4n) is 1.52. The lowest BCUT2D eigenvalue weighted by molar-refractivity contribution is -0.118. The Morgan fingerprint density at radius 2 is 1.90 bits per heavy atom. The molecule has 0 aliphatic carbocycles. The number of hydrogen-bond donors (Lipinski definition) is 2. The predicted octanol–water partition coefficient (Wildman–Crippen LogP) is 3.03. The van der Waals surface area contributed by atoms with Crippen molar-refractivity contribution in [2.24, 2.45) is 5.92 Å². The minimum absolute atomic E-state index is 0.0908. The minimum Gasteiger partial charge on any atom is -0.350 e. The Morgan fingerprint density at radius 3 is 2.50 bits per heavy atom. The molecule has 2 atom stereocenters. The van der Waals surface area contributed by atoms with Crippen LogP contribution in [-0.4, -0.2) is 23.7 Å². The predicted molar refractivity (Wildman–Crippen MR) is 82.2 cm³/mol. The summed E-state index contributed by atoms with van der Waals surface area (Å²) in [5.41, 5.74) is 0.971. The summed E-state index contributed by atoms with van der Waals surface area (Å²) in [6.45, 7) is 5.68. The fraction of sp³-hybridized carbons (Fsp3) is 0.467. The van der Waals surface area contributed by atoms with Crippen molar-refractivity contribution in [3.8, 4) is 0 Å². The second kappa shape index (κ2) is 7.90. The van der Waals surface area contributed by atoms with Crippen LogP contribution in [0.3, 0.4) is 0 Å². The molecule has 4 nitrogen and oxygen atoms in total. The molecule has 2 amide bonds. The Balaban J connectivity index is 2.88. The van der Waals surface area contributed by atoms with Crippen molar-refractivity contribution < 1.29 is 9.59 Å². The summed E-state index contributed by atoms with van der Waals surface area (Å²) in [7, 11) is 0. The summed E-state index contributed by atoms with van der Waals surface area (Å²) in [6, 6.07) is 7.05. The standard InChI is InChI=1S/C15H21ClN2O2/c1-4-11(3)17-15(20)12-7-5-6-8-13(12)18-14(19)10(2)9-16/h5-8,10-11H,4,9H2,1-3H3,(H,17,20)(H,18,19). The molecule has 110 valence electrons. The van der Waals surface area contributed by atoms with Crippen LogP contribution in [0.4, 0.5) is 5.69 Å². The van der Waals surface area contributed by atoms with E-state index in [1.807, 2.05) is 13.8 Å². The van der Waals surface area contributed by atoms with Crippen molar-refractivity contribution in [2.75, 3.05) is 11.2 Å². The van der Waals surface area contributed by atoms with Crippen molar-refractivity contribution in [1.29, 1.82) is 0 Å². The number of hydrogen-bond acceptors (Lipinski definition) is 2. The van der Waals surface area contributed by atoms with Gasteiger partial charge in [0.15, 0.2) is 0 Å². The highest BCUT2D eigenvalue weighted by atomic mass is 35.5. The lowest BCUT2D eigenvalue weighted by Crippen LogP contribution is -2.33. The normalized spacial score (nSPS) is 13.4. The second-order valence-electron chi connectivity index (χ2n) is 4.87. The average molecular weight is 297 g/mol. The molecule has 0 spiro atoms. The first-order valence-corrected chi connectivity index (χ1v) is 7.29. The van der Waals surface area contributed by atoms with Gasteiger partial charge in [-0.25, -0.2) is 0 Å². The van der Waals surface area contributed by atoms with Crippen molar-refractivity contribution in [2.45, 2.75) is 33.2 Å². The first-order chi connectivity index (χ1) is 9.49. The zero-order valence-electron chi connectivity index (χ0n) is 12.1. The molecule has 2 unspecified atom stereocenters. The van der Waals surface area contributed by atoms with E-state index in [2.05, 4.69) is 10.6 Å². The van der Waals surface area contributed by atoms with Crippen molar-refractivity contribution >= 4 is 29.1 Å². The van der Waals surface area contributed by atoms with Crippen LogP contribution in [0.1, 0.15) is 37.6 Å². The SMILES string of the molecule is CCC(C)NC(=O)c1ccccc1NC(=O)C(C)CCl. The quantitative estimate of drug-likeness (QED) is 0.793. The summed E-state index contributed by atoms with van der Waals surface area (Å²) >= 11 is 5.66.